The smallest absolute Gasteiger partial charge is 0.178 e. The van der Waals surface area contributed by atoms with Crippen molar-refractivity contribution in [3.8, 4) is 0 Å². The molecule has 2 rings (SSSR count). The van der Waals surface area contributed by atoms with Gasteiger partial charge in [-0.05, 0) is 0 Å². The molecule has 4 heteroatoms. The first-order valence-corrected chi connectivity index (χ1v) is 3.31. The van der Waals surface area contributed by atoms with Crippen molar-refractivity contribution in [3.63, 3.8) is 0 Å². The van der Waals surface area contributed by atoms with Gasteiger partial charge < -0.3 is 10.1 Å². The third-order valence-corrected chi connectivity index (χ3v) is 1.98. The van der Waals surface area contributed by atoms with Crippen LogP contribution in [0.5, 0.6) is 0 Å². The monoisotopic (exact) mass is 145 g/mol. The molecule has 0 unspecified atom stereocenters. The summed E-state index contributed by atoms with van der Waals surface area (Å²) < 4.78 is 17.6. The number of ether oxygens (including phenoxy) is 1. The fourth-order valence-corrected chi connectivity index (χ4v) is 1.45. The topological polar surface area (TPSA) is 38.3 Å². The van der Waals surface area contributed by atoms with E-state index < -0.39 is 12.3 Å². The van der Waals surface area contributed by atoms with E-state index in [4.69, 9.17) is 4.74 Å². The zero-order valence-corrected chi connectivity index (χ0v) is 5.34. The second kappa shape index (κ2) is 2.00. The highest BCUT2D eigenvalue weighted by Crippen LogP contribution is 2.21. The fourth-order valence-electron chi connectivity index (χ4n) is 1.45. The van der Waals surface area contributed by atoms with Crippen LogP contribution in [0, 0.1) is 0 Å². The fraction of sp³-hybridized carbons (Fsp3) is 0.833. The predicted molar refractivity (Wildman–Crippen MR) is 31.4 cm³/mol. The van der Waals surface area contributed by atoms with E-state index in [-0.39, 0.29) is 25.0 Å². The highest BCUT2D eigenvalue weighted by Gasteiger charge is 2.45. The molecule has 56 valence electrons. The standard InChI is InChI=1S/C6H8FNO2/c7-3-1-8-5-4(9)2-10-6(3)5/h3,5-6,8H,1-2H2/t3-,5+,6+/m0/s1. The lowest BCUT2D eigenvalue weighted by Gasteiger charge is -2.06. The Bertz CT molecular complexity index is 173. The van der Waals surface area contributed by atoms with Crippen LogP contribution in [0.25, 0.3) is 0 Å². The Morgan fingerprint density at radius 2 is 2.50 bits per heavy atom. The van der Waals surface area contributed by atoms with Crippen LogP contribution in [0.1, 0.15) is 0 Å². The van der Waals surface area contributed by atoms with Crippen LogP contribution in [0.15, 0.2) is 0 Å². The number of hydrogen-bond acceptors (Lipinski definition) is 3. The van der Waals surface area contributed by atoms with Crippen LogP contribution in [0.4, 0.5) is 4.39 Å². The molecule has 0 amide bonds. The van der Waals surface area contributed by atoms with E-state index in [1.165, 1.54) is 0 Å². The molecule has 0 saturated carbocycles. The van der Waals surface area contributed by atoms with Crippen LogP contribution in [0.2, 0.25) is 0 Å². The number of rotatable bonds is 0. The molecule has 0 aliphatic carbocycles. The maximum absolute atomic E-state index is 12.7. The van der Waals surface area contributed by atoms with E-state index in [1.54, 1.807) is 0 Å². The summed E-state index contributed by atoms with van der Waals surface area (Å²) in [4.78, 5) is 10.8. The summed E-state index contributed by atoms with van der Waals surface area (Å²) in [5.74, 6) is -0.0230. The first-order valence-electron chi connectivity index (χ1n) is 3.31. The van der Waals surface area contributed by atoms with Crippen molar-refractivity contribution >= 4 is 5.78 Å². The average molecular weight is 145 g/mol. The van der Waals surface area contributed by atoms with Crippen LogP contribution < -0.4 is 5.32 Å². The van der Waals surface area contributed by atoms with Crippen molar-refractivity contribution in [1.82, 2.24) is 5.32 Å². The van der Waals surface area contributed by atoms with Crippen LogP contribution in [-0.2, 0) is 9.53 Å². The highest BCUT2D eigenvalue weighted by molar-refractivity contribution is 5.88. The lowest BCUT2D eigenvalue weighted by atomic mass is 10.1. The van der Waals surface area contributed by atoms with Crippen molar-refractivity contribution in [3.05, 3.63) is 0 Å². The number of Topliss-reactive ketones (excluding diaryl/α,β-unsaturated/α-hetero) is 1. The molecule has 2 aliphatic rings. The number of alkyl halides is 1. The van der Waals surface area contributed by atoms with E-state index in [0.29, 0.717) is 0 Å². The normalized spacial score (nSPS) is 46.1. The summed E-state index contributed by atoms with van der Waals surface area (Å²) in [5.41, 5.74) is 0. The number of halogens is 1. The molecule has 2 fully saturated rings. The molecule has 0 bridgehead atoms. The van der Waals surface area contributed by atoms with Gasteiger partial charge in [0.25, 0.3) is 0 Å². The summed E-state index contributed by atoms with van der Waals surface area (Å²) in [6, 6.07) is -0.366. The van der Waals surface area contributed by atoms with Crippen LogP contribution in [0.3, 0.4) is 0 Å². The van der Waals surface area contributed by atoms with Crippen molar-refractivity contribution in [2.75, 3.05) is 13.2 Å². The third-order valence-electron chi connectivity index (χ3n) is 1.98. The van der Waals surface area contributed by atoms with Crippen molar-refractivity contribution < 1.29 is 13.9 Å². The van der Waals surface area contributed by atoms with Gasteiger partial charge in [-0.1, -0.05) is 0 Å². The molecule has 0 radical (unpaired) electrons. The van der Waals surface area contributed by atoms with Gasteiger partial charge in [-0.15, -0.1) is 0 Å². The number of hydrogen-bond donors (Lipinski definition) is 1. The Morgan fingerprint density at radius 1 is 1.70 bits per heavy atom. The summed E-state index contributed by atoms with van der Waals surface area (Å²) in [7, 11) is 0. The molecule has 0 aromatic carbocycles. The first kappa shape index (κ1) is 6.24. The lowest BCUT2D eigenvalue weighted by molar-refractivity contribution is -0.119. The molecule has 10 heavy (non-hydrogen) atoms. The van der Waals surface area contributed by atoms with Gasteiger partial charge in [0.05, 0.1) is 6.04 Å². The van der Waals surface area contributed by atoms with Gasteiger partial charge in [-0.25, -0.2) is 4.39 Å². The molecule has 3 nitrogen and oxygen atoms in total. The Labute approximate surface area is 57.5 Å². The van der Waals surface area contributed by atoms with Crippen LogP contribution in [-0.4, -0.2) is 37.3 Å². The second-order valence-electron chi connectivity index (χ2n) is 2.64. The maximum Gasteiger partial charge on any atom is 0.178 e. The summed E-state index contributed by atoms with van der Waals surface area (Å²) in [6.45, 7) is 0.323. The SMILES string of the molecule is O=C1CO[C@H]2[C@@H]1NC[C@@H]2F. The number of ketones is 1. The van der Waals surface area contributed by atoms with E-state index in [1.807, 2.05) is 0 Å². The largest absolute Gasteiger partial charge is 0.365 e. The van der Waals surface area contributed by atoms with Crippen LogP contribution >= 0.6 is 0 Å². The number of carbonyl (C=O) groups excluding carboxylic acids is 1. The molecule has 0 aromatic rings. The zero-order valence-electron chi connectivity index (χ0n) is 5.34. The van der Waals surface area contributed by atoms with Crippen molar-refractivity contribution in [2.45, 2.75) is 18.3 Å². The number of nitrogens with one attached hydrogen (secondary N) is 1. The molecule has 3 atom stereocenters. The number of fused-ring (bicyclic) bond motifs is 1. The Morgan fingerprint density at radius 3 is 3.20 bits per heavy atom. The maximum atomic E-state index is 12.7. The zero-order chi connectivity index (χ0) is 7.14. The summed E-state index contributed by atoms with van der Waals surface area (Å²) in [6.07, 6.45) is -1.51. The minimum absolute atomic E-state index is 0.0230. The van der Waals surface area contributed by atoms with Gasteiger partial charge in [0.2, 0.25) is 0 Å². The van der Waals surface area contributed by atoms with Gasteiger partial charge in [-0.3, -0.25) is 4.79 Å². The molecule has 2 aliphatic heterocycles. The quantitative estimate of drug-likeness (QED) is 0.488. The van der Waals surface area contributed by atoms with E-state index in [2.05, 4.69) is 5.32 Å². The number of carbonyl (C=O) groups is 1. The molecule has 2 saturated heterocycles. The molecular formula is C6H8FNO2. The van der Waals surface area contributed by atoms with Gasteiger partial charge in [-0.2, -0.15) is 0 Å². The van der Waals surface area contributed by atoms with Gasteiger partial charge >= 0.3 is 0 Å². The molecule has 0 aromatic heterocycles. The third kappa shape index (κ3) is 0.690. The van der Waals surface area contributed by atoms with E-state index >= 15 is 0 Å². The summed E-state index contributed by atoms with van der Waals surface area (Å²) in [5, 5.41) is 2.77. The molecular weight excluding hydrogens is 137 g/mol. The average Bonchev–Trinajstić information content (AvgIpc) is 2.41. The Hall–Kier alpha value is -0.480. The predicted octanol–water partition coefficient (Wildman–Crippen LogP) is -0.736. The molecule has 2 heterocycles. The molecule has 0 spiro atoms. The second-order valence-corrected chi connectivity index (χ2v) is 2.64. The highest BCUT2D eigenvalue weighted by atomic mass is 19.1. The minimum Gasteiger partial charge on any atom is -0.365 e. The Balaban J connectivity index is 2.16. The van der Waals surface area contributed by atoms with E-state index in [9.17, 15) is 9.18 Å². The van der Waals surface area contributed by atoms with Gasteiger partial charge in [0.15, 0.2) is 5.78 Å². The van der Waals surface area contributed by atoms with Crippen molar-refractivity contribution in [2.24, 2.45) is 0 Å². The van der Waals surface area contributed by atoms with Gasteiger partial charge in [0, 0.05) is 6.54 Å². The lowest BCUT2D eigenvalue weighted by Crippen LogP contribution is -2.33. The minimum atomic E-state index is -1.00. The van der Waals surface area contributed by atoms with Gasteiger partial charge in [0.1, 0.15) is 18.9 Å². The Kier molecular flexibility index (Phi) is 1.25. The molecule has 1 N–H and O–H groups in total. The first-order chi connectivity index (χ1) is 4.79. The van der Waals surface area contributed by atoms with E-state index in [0.717, 1.165) is 0 Å². The summed E-state index contributed by atoms with van der Waals surface area (Å²) >= 11 is 0. The van der Waals surface area contributed by atoms with Crippen molar-refractivity contribution in [1.29, 1.82) is 0 Å².